The number of quaternary nitrogens is 1. The highest BCUT2D eigenvalue weighted by Crippen LogP contribution is 2.35. The number of aromatic nitrogens is 3. The van der Waals surface area contributed by atoms with Crippen LogP contribution in [0.15, 0.2) is 24.3 Å². The number of aromatic hydroxyl groups is 1. The Labute approximate surface area is 151 Å². The van der Waals surface area contributed by atoms with E-state index in [1.54, 1.807) is 15.9 Å². The molecule has 1 aliphatic heterocycles. The maximum atomic E-state index is 10.8. The number of thiazole rings is 1. The Hall–Kier alpha value is -1.92. The number of aryl methyl sites for hydroxylation is 2. The maximum Gasteiger partial charge on any atom is 0.235 e. The second-order valence-electron chi connectivity index (χ2n) is 6.76. The first-order chi connectivity index (χ1) is 12.2. The van der Waals surface area contributed by atoms with Gasteiger partial charge in [-0.1, -0.05) is 49.4 Å². The van der Waals surface area contributed by atoms with E-state index in [1.165, 1.54) is 28.9 Å². The number of fused-ring (bicyclic) bond motifs is 1. The van der Waals surface area contributed by atoms with Gasteiger partial charge in [-0.2, -0.15) is 4.52 Å². The lowest BCUT2D eigenvalue weighted by Crippen LogP contribution is -3.10. The van der Waals surface area contributed by atoms with Gasteiger partial charge in [0, 0.05) is 24.8 Å². The normalized spacial score (nSPS) is 16.7. The molecule has 1 atom stereocenters. The fraction of sp³-hybridized carbons (Fsp3) is 0.474. The predicted octanol–water partition coefficient (Wildman–Crippen LogP) is 2.39. The number of nitrogens with one attached hydrogen (secondary N) is 1. The molecule has 0 radical (unpaired) electrons. The summed E-state index contributed by atoms with van der Waals surface area (Å²) in [6, 6.07) is 9.03. The van der Waals surface area contributed by atoms with Crippen LogP contribution >= 0.6 is 11.3 Å². The molecule has 0 amide bonds. The fourth-order valence-electron chi connectivity index (χ4n) is 3.76. The van der Waals surface area contributed by atoms with Gasteiger partial charge in [-0.25, -0.2) is 4.98 Å². The largest absolute Gasteiger partial charge is 0.492 e. The Morgan fingerprint density at radius 2 is 1.88 bits per heavy atom. The van der Waals surface area contributed by atoms with E-state index >= 15 is 0 Å². The van der Waals surface area contributed by atoms with Crippen LogP contribution in [-0.2, 0) is 12.8 Å². The molecule has 4 rings (SSSR count). The number of likely N-dealkylation sites (tertiary alicyclic amines) is 1. The summed E-state index contributed by atoms with van der Waals surface area (Å²) < 4.78 is 1.61. The van der Waals surface area contributed by atoms with Crippen LogP contribution in [-0.4, -0.2) is 32.8 Å². The van der Waals surface area contributed by atoms with Gasteiger partial charge in [0.05, 0.1) is 13.1 Å². The molecule has 1 saturated heterocycles. The first-order valence-electron chi connectivity index (χ1n) is 9.22. The average molecular weight is 358 g/mol. The molecule has 1 fully saturated rings. The van der Waals surface area contributed by atoms with E-state index in [0.29, 0.717) is 0 Å². The van der Waals surface area contributed by atoms with Gasteiger partial charge in [-0.3, -0.25) is 0 Å². The Morgan fingerprint density at radius 3 is 2.48 bits per heavy atom. The van der Waals surface area contributed by atoms with Crippen molar-refractivity contribution in [3.63, 3.8) is 0 Å². The van der Waals surface area contributed by atoms with Crippen molar-refractivity contribution >= 4 is 16.3 Å². The van der Waals surface area contributed by atoms with Crippen molar-refractivity contribution < 1.29 is 10.0 Å². The van der Waals surface area contributed by atoms with Crippen LogP contribution in [0.4, 0.5) is 0 Å². The predicted molar refractivity (Wildman–Crippen MR) is 99.5 cm³/mol. The summed E-state index contributed by atoms with van der Waals surface area (Å²) in [7, 11) is 0. The molecule has 5 nitrogen and oxygen atoms in total. The molecule has 132 valence electrons. The molecule has 25 heavy (non-hydrogen) atoms. The summed E-state index contributed by atoms with van der Waals surface area (Å²) in [4.78, 5) is 7.85. The van der Waals surface area contributed by atoms with E-state index in [4.69, 9.17) is 0 Å². The molecule has 2 N–H and O–H groups in total. The van der Waals surface area contributed by atoms with Crippen LogP contribution in [0.2, 0.25) is 0 Å². The van der Waals surface area contributed by atoms with Crippen molar-refractivity contribution in [2.24, 2.45) is 0 Å². The summed E-state index contributed by atoms with van der Waals surface area (Å²) >= 11 is 1.58. The lowest BCUT2D eigenvalue weighted by molar-refractivity contribution is -0.913. The van der Waals surface area contributed by atoms with Gasteiger partial charge in [0.1, 0.15) is 4.88 Å². The van der Waals surface area contributed by atoms with Gasteiger partial charge in [-0.05, 0) is 12.0 Å². The highest BCUT2D eigenvalue weighted by Gasteiger charge is 2.34. The highest BCUT2D eigenvalue weighted by molar-refractivity contribution is 7.17. The quantitative estimate of drug-likeness (QED) is 0.737. The van der Waals surface area contributed by atoms with Crippen LogP contribution < -0.4 is 4.90 Å². The molecule has 3 aromatic rings. The number of rotatable bonds is 5. The summed E-state index contributed by atoms with van der Waals surface area (Å²) in [6.45, 7) is 6.50. The molecular weight excluding hydrogens is 332 g/mol. The average Bonchev–Trinajstić information content (AvgIpc) is 3.35. The van der Waals surface area contributed by atoms with Gasteiger partial charge in [-0.15, -0.1) is 5.10 Å². The Balaban J connectivity index is 1.79. The fourth-order valence-corrected chi connectivity index (χ4v) is 4.92. The third-order valence-electron chi connectivity index (χ3n) is 5.20. The third-order valence-corrected chi connectivity index (χ3v) is 6.28. The standard InChI is InChI=1S/C19H24N4OS/c1-3-13-7-9-14(10-8-13)16(22-11-5-6-12-22)17-18(24)23-19(25-17)20-15(4-2)21-23/h7-10,16,24H,3-6,11-12H2,1-2H3/p+1/t16-/m0/s1. The summed E-state index contributed by atoms with van der Waals surface area (Å²) in [6.07, 6.45) is 4.33. The zero-order valence-electron chi connectivity index (χ0n) is 14.8. The van der Waals surface area contributed by atoms with Gasteiger partial charge < -0.3 is 10.0 Å². The minimum atomic E-state index is 0.159. The second kappa shape index (κ2) is 6.77. The minimum Gasteiger partial charge on any atom is -0.492 e. The molecule has 1 aromatic carbocycles. The van der Waals surface area contributed by atoms with Gasteiger partial charge in [0.2, 0.25) is 10.8 Å². The maximum absolute atomic E-state index is 10.8. The highest BCUT2D eigenvalue weighted by atomic mass is 32.1. The molecule has 0 unspecified atom stereocenters. The molecule has 6 heteroatoms. The van der Waals surface area contributed by atoms with Crippen molar-refractivity contribution in [1.29, 1.82) is 0 Å². The van der Waals surface area contributed by atoms with Crippen LogP contribution in [0.3, 0.4) is 0 Å². The molecule has 0 bridgehead atoms. The van der Waals surface area contributed by atoms with Crippen molar-refractivity contribution in [3.05, 3.63) is 46.1 Å². The third kappa shape index (κ3) is 2.93. The van der Waals surface area contributed by atoms with Gasteiger partial charge >= 0.3 is 0 Å². The molecule has 0 saturated carbocycles. The molecule has 0 spiro atoms. The van der Waals surface area contributed by atoms with Crippen molar-refractivity contribution in [3.8, 4) is 5.88 Å². The number of hydrogen-bond acceptors (Lipinski definition) is 4. The van der Waals surface area contributed by atoms with Crippen molar-refractivity contribution in [1.82, 2.24) is 14.6 Å². The van der Waals surface area contributed by atoms with Crippen LogP contribution in [0.25, 0.3) is 4.96 Å². The van der Waals surface area contributed by atoms with E-state index in [-0.39, 0.29) is 11.9 Å². The van der Waals surface area contributed by atoms with Gasteiger partial charge in [0.25, 0.3) is 0 Å². The number of nitrogens with zero attached hydrogens (tertiary/aromatic N) is 3. The SMILES string of the molecule is CCc1ccc([C@@H](c2sc3nc(CC)nn3c2O)[NH+]2CCCC2)cc1. The number of hydrogen-bond donors (Lipinski definition) is 2. The van der Waals surface area contributed by atoms with E-state index in [1.807, 2.05) is 6.92 Å². The zero-order valence-corrected chi connectivity index (χ0v) is 15.6. The lowest BCUT2D eigenvalue weighted by Gasteiger charge is -2.24. The molecule has 0 aliphatic carbocycles. The lowest BCUT2D eigenvalue weighted by atomic mass is 10.0. The van der Waals surface area contributed by atoms with Crippen molar-refractivity contribution in [2.75, 3.05) is 13.1 Å². The van der Waals surface area contributed by atoms with Gasteiger partial charge in [0.15, 0.2) is 11.9 Å². The Bertz CT molecular complexity index is 862. The summed E-state index contributed by atoms with van der Waals surface area (Å²) in [5.41, 5.74) is 2.61. The van der Waals surface area contributed by atoms with Crippen LogP contribution in [0.1, 0.15) is 54.6 Å². The van der Waals surface area contributed by atoms with Crippen LogP contribution in [0, 0.1) is 0 Å². The first kappa shape index (κ1) is 16.5. The molecule has 2 aromatic heterocycles. The smallest absolute Gasteiger partial charge is 0.235 e. The molecule has 3 heterocycles. The van der Waals surface area contributed by atoms with E-state index in [9.17, 15) is 5.11 Å². The van der Waals surface area contributed by atoms with E-state index < -0.39 is 0 Å². The van der Waals surface area contributed by atoms with E-state index in [0.717, 1.165) is 41.6 Å². The second-order valence-corrected chi connectivity index (χ2v) is 7.77. The monoisotopic (exact) mass is 357 g/mol. The Kier molecular flexibility index (Phi) is 4.48. The topological polar surface area (TPSA) is 54.9 Å². The first-order valence-corrected chi connectivity index (χ1v) is 10.0. The summed E-state index contributed by atoms with van der Waals surface area (Å²) in [5.74, 6) is 1.04. The molecule has 1 aliphatic rings. The van der Waals surface area contributed by atoms with E-state index in [2.05, 4.69) is 41.3 Å². The minimum absolute atomic E-state index is 0.159. The van der Waals surface area contributed by atoms with Crippen molar-refractivity contribution in [2.45, 2.75) is 45.6 Å². The zero-order chi connectivity index (χ0) is 17.4. The summed E-state index contributed by atoms with van der Waals surface area (Å²) in [5, 5.41) is 15.3. The molecular formula is C19H25N4OS+. The Morgan fingerprint density at radius 1 is 1.16 bits per heavy atom. The van der Waals surface area contributed by atoms with Crippen LogP contribution in [0.5, 0.6) is 5.88 Å². The number of benzene rings is 1.